The van der Waals surface area contributed by atoms with Gasteiger partial charge in [0.2, 0.25) is 0 Å². The van der Waals surface area contributed by atoms with Crippen LogP contribution in [0.2, 0.25) is 0 Å². The minimum atomic E-state index is -0.330. The van der Waals surface area contributed by atoms with E-state index in [0.717, 1.165) is 11.1 Å². The Bertz CT molecular complexity index is 944. The standard InChI is InChI=1S/C21H15NO3/c1-25-19-12-11-15(14-7-3-2-4-8-14)13-18(19)22-20(23)16-9-5-6-10-17(16)21(22)24/h2-13H,1H3. The van der Waals surface area contributed by atoms with E-state index in [9.17, 15) is 9.59 Å². The Morgan fingerprint density at radius 2 is 1.32 bits per heavy atom. The van der Waals surface area contributed by atoms with Crippen LogP contribution in [0.15, 0.2) is 72.8 Å². The van der Waals surface area contributed by atoms with Crippen LogP contribution in [0.3, 0.4) is 0 Å². The third-order valence-corrected chi connectivity index (χ3v) is 4.32. The Kier molecular flexibility index (Phi) is 3.58. The smallest absolute Gasteiger partial charge is 0.266 e. The van der Waals surface area contributed by atoms with Crippen molar-refractivity contribution in [1.82, 2.24) is 0 Å². The molecule has 4 rings (SSSR count). The molecule has 122 valence electrons. The normalized spacial score (nSPS) is 13.1. The molecule has 0 aromatic heterocycles. The van der Waals surface area contributed by atoms with Crippen LogP contribution < -0.4 is 9.64 Å². The number of anilines is 1. The Balaban J connectivity index is 1.85. The van der Waals surface area contributed by atoms with Gasteiger partial charge in [0.15, 0.2) is 0 Å². The molecular formula is C21H15NO3. The minimum absolute atomic E-state index is 0.330. The van der Waals surface area contributed by atoms with Crippen LogP contribution in [-0.4, -0.2) is 18.9 Å². The molecule has 0 aliphatic carbocycles. The second-order valence-electron chi connectivity index (χ2n) is 5.74. The summed E-state index contributed by atoms with van der Waals surface area (Å²) in [5.41, 5.74) is 3.20. The van der Waals surface area contributed by atoms with Gasteiger partial charge in [-0.1, -0.05) is 48.5 Å². The van der Waals surface area contributed by atoms with E-state index in [0.29, 0.717) is 22.6 Å². The summed E-state index contributed by atoms with van der Waals surface area (Å²) in [7, 11) is 1.53. The van der Waals surface area contributed by atoms with Crippen molar-refractivity contribution in [2.45, 2.75) is 0 Å². The molecule has 25 heavy (non-hydrogen) atoms. The fourth-order valence-electron chi connectivity index (χ4n) is 3.08. The summed E-state index contributed by atoms with van der Waals surface area (Å²) in [4.78, 5) is 26.7. The number of carbonyl (C=O) groups is 2. The van der Waals surface area contributed by atoms with E-state index in [1.165, 1.54) is 12.0 Å². The maximum Gasteiger partial charge on any atom is 0.266 e. The maximum atomic E-state index is 12.8. The van der Waals surface area contributed by atoms with Crippen LogP contribution in [-0.2, 0) is 0 Å². The SMILES string of the molecule is COc1ccc(-c2ccccc2)cc1N1C(=O)c2ccccc2C1=O. The lowest BCUT2D eigenvalue weighted by Gasteiger charge is -2.18. The van der Waals surface area contributed by atoms with Crippen molar-refractivity contribution in [1.29, 1.82) is 0 Å². The highest BCUT2D eigenvalue weighted by Crippen LogP contribution is 2.37. The molecule has 0 atom stereocenters. The predicted molar refractivity (Wildman–Crippen MR) is 96.0 cm³/mol. The van der Waals surface area contributed by atoms with Crippen LogP contribution >= 0.6 is 0 Å². The lowest BCUT2D eigenvalue weighted by atomic mass is 10.0. The summed E-state index contributed by atoms with van der Waals surface area (Å²) < 4.78 is 5.40. The van der Waals surface area contributed by atoms with Gasteiger partial charge in [0.1, 0.15) is 5.75 Å². The third-order valence-electron chi connectivity index (χ3n) is 4.32. The molecule has 1 aliphatic heterocycles. The first kappa shape index (κ1) is 15.1. The van der Waals surface area contributed by atoms with Gasteiger partial charge in [-0.25, -0.2) is 4.90 Å². The van der Waals surface area contributed by atoms with E-state index in [1.807, 2.05) is 42.5 Å². The molecule has 0 saturated heterocycles. The van der Waals surface area contributed by atoms with Crippen molar-refractivity contribution < 1.29 is 14.3 Å². The molecule has 0 N–H and O–H groups in total. The molecule has 2 amide bonds. The van der Waals surface area contributed by atoms with Gasteiger partial charge < -0.3 is 4.74 Å². The average Bonchev–Trinajstić information content (AvgIpc) is 2.93. The Morgan fingerprint density at radius 3 is 1.92 bits per heavy atom. The average molecular weight is 329 g/mol. The molecule has 0 spiro atoms. The molecule has 0 unspecified atom stereocenters. The number of carbonyl (C=O) groups excluding carboxylic acids is 2. The summed E-state index contributed by atoms with van der Waals surface area (Å²) in [6.07, 6.45) is 0. The highest BCUT2D eigenvalue weighted by atomic mass is 16.5. The first-order chi connectivity index (χ1) is 12.2. The summed E-state index contributed by atoms with van der Waals surface area (Å²) in [6.45, 7) is 0. The Labute approximate surface area is 145 Å². The van der Waals surface area contributed by atoms with E-state index in [2.05, 4.69) is 0 Å². The number of hydrogen-bond acceptors (Lipinski definition) is 3. The second kappa shape index (κ2) is 5.91. The van der Waals surface area contributed by atoms with Crippen molar-refractivity contribution in [2.75, 3.05) is 12.0 Å². The van der Waals surface area contributed by atoms with E-state index in [-0.39, 0.29) is 11.8 Å². The predicted octanol–water partition coefficient (Wildman–Crippen LogP) is 4.16. The van der Waals surface area contributed by atoms with Crippen LogP contribution in [0.1, 0.15) is 20.7 Å². The Hall–Kier alpha value is -3.40. The first-order valence-electron chi connectivity index (χ1n) is 7.92. The number of methoxy groups -OCH3 is 1. The topological polar surface area (TPSA) is 46.6 Å². The quantitative estimate of drug-likeness (QED) is 0.678. The lowest BCUT2D eigenvalue weighted by molar-refractivity contribution is 0.0925. The van der Waals surface area contributed by atoms with Gasteiger partial charge >= 0.3 is 0 Å². The number of amides is 2. The van der Waals surface area contributed by atoms with Gasteiger partial charge in [0, 0.05) is 0 Å². The molecule has 1 aliphatic rings. The highest BCUT2D eigenvalue weighted by Gasteiger charge is 2.37. The van der Waals surface area contributed by atoms with Gasteiger partial charge in [-0.05, 0) is 35.4 Å². The molecule has 3 aromatic rings. The molecule has 1 heterocycles. The minimum Gasteiger partial charge on any atom is -0.495 e. The number of hydrogen-bond donors (Lipinski definition) is 0. The lowest BCUT2D eigenvalue weighted by Crippen LogP contribution is -2.29. The number of rotatable bonds is 3. The van der Waals surface area contributed by atoms with E-state index in [1.54, 1.807) is 30.3 Å². The van der Waals surface area contributed by atoms with E-state index >= 15 is 0 Å². The van der Waals surface area contributed by atoms with Crippen LogP contribution in [0.25, 0.3) is 11.1 Å². The van der Waals surface area contributed by atoms with Gasteiger partial charge in [0.05, 0.1) is 23.9 Å². The van der Waals surface area contributed by atoms with Crippen molar-refractivity contribution in [3.8, 4) is 16.9 Å². The van der Waals surface area contributed by atoms with Crippen molar-refractivity contribution >= 4 is 17.5 Å². The van der Waals surface area contributed by atoms with E-state index < -0.39 is 0 Å². The summed E-state index contributed by atoms with van der Waals surface area (Å²) in [5, 5.41) is 0. The van der Waals surface area contributed by atoms with E-state index in [4.69, 9.17) is 4.74 Å². The molecular weight excluding hydrogens is 314 g/mol. The number of nitrogens with zero attached hydrogens (tertiary/aromatic N) is 1. The number of imide groups is 1. The monoisotopic (exact) mass is 329 g/mol. The molecule has 0 radical (unpaired) electrons. The molecule has 0 saturated carbocycles. The van der Waals surface area contributed by atoms with Gasteiger partial charge in [-0.3, -0.25) is 9.59 Å². The van der Waals surface area contributed by atoms with Crippen molar-refractivity contribution in [2.24, 2.45) is 0 Å². The first-order valence-corrected chi connectivity index (χ1v) is 7.92. The second-order valence-corrected chi connectivity index (χ2v) is 5.74. The fraction of sp³-hybridized carbons (Fsp3) is 0.0476. The van der Waals surface area contributed by atoms with Crippen molar-refractivity contribution in [3.63, 3.8) is 0 Å². The zero-order chi connectivity index (χ0) is 17.4. The maximum absolute atomic E-state index is 12.8. The molecule has 4 heteroatoms. The van der Waals surface area contributed by atoms with Gasteiger partial charge in [-0.15, -0.1) is 0 Å². The summed E-state index contributed by atoms with van der Waals surface area (Å²) in [5.74, 6) is -0.178. The third kappa shape index (κ3) is 2.39. The largest absolute Gasteiger partial charge is 0.495 e. The molecule has 4 nitrogen and oxygen atoms in total. The van der Waals surface area contributed by atoms with Crippen molar-refractivity contribution in [3.05, 3.63) is 83.9 Å². The van der Waals surface area contributed by atoms with Gasteiger partial charge in [0.25, 0.3) is 11.8 Å². The Morgan fingerprint density at radius 1 is 0.720 bits per heavy atom. The fourth-order valence-corrected chi connectivity index (χ4v) is 3.08. The van der Waals surface area contributed by atoms with Crippen LogP contribution in [0.4, 0.5) is 5.69 Å². The number of ether oxygens (including phenoxy) is 1. The van der Waals surface area contributed by atoms with Gasteiger partial charge in [-0.2, -0.15) is 0 Å². The highest BCUT2D eigenvalue weighted by molar-refractivity contribution is 6.34. The molecule has 0 fully saturated rings. The zero-order valence-corrected chi connectivity index (χ0v) is 13.6. The number of fused-ring (bicyclic) bond motifs is 1. The van der Waals surface area contributed by atoms with Crippen LogP contribution in [0.5, 0.6) is 5.75 Å². The zero-order valence-electron chi connectivity index (χ0n) is 13.6. The molecule has 0 bridgehead atoms. The molecule has 3 aromatic carbocycles. The summed E-state index contributed by atoms with van der Waals surface area (Å²) in [6, 6.07) is 22.2. The number of benzene rings is 3. The van der Waals surface area contributed by atoms with Crippen LogP contribution in [0, 0.1) is 0 Å². The summed E-state index contributed by atoms with van der Waals surface area (Å²) >= 11 is 0.